The molecule has 1 amide bonds. The molecule has 0 unspecified atom stereocenters. The van der Waals surface area contributed by atoms with E-state index in [1.807, 2.05) is 20.8 Å². The predicted molar refractivity (Wildman–Crippen MR) is 76.4 cm³/mol. The summed E-state index contributed by atoms with van der Waals surface area (Å²) in [6.45, 7) is 6.24. The number of halogens is 1. The maximum atomic E-state index is 12.0. The highest BCUT2D eigenvalue weighted by Crippen LogP contribution is 2.14. The van der Waals surface area contributed by atoms with Gasteiger partial charge in [0.05, 0.1) is 0 Å². The van der Waals surface area contributed by atoms with E-state index >= 15 is 0 Å². The van der Waals surface area contributed by atoms with Crippen molar-refractivity contribution in [3.05, 3.63) is 28.5 Å². The van der Waals surface area contributed by atoms with E-state index in [0.717, 1.165) is 18.5 Å². The largest absolute Gasteiger partial charge is 0.396 e. The summed E-state index contributed by atoms with van der Waals surface area (Å²) in [7, 11) is 0. The fourth-order valence-electron chi connectivity index (χ4n) is 1.54. The number of nitrogens with zero attached hydrogens (tertiary/aromatic N) is 1. The average molecular weight is 285 g/mol. The molecule has 0 saturated heterocycles. The monoisotopic (exact) mass is 284 g/mol. The minimum atomic E-state index is -0.335. The standard InChI is InChI=1S/C14H21ClN2O2/c1-4-5-11-6-10(7-12(15)17-11)13(19)16-8-14(2,3)9-18/h6-7,18H,4-5,8-9H2,1-3H3,(H,16,19). The number of rotatable bonds is 6. The number of aliphatic hydroxyl groups is 1. The Morgan fingerprint density at radius 1 is 1.47 bits per heavy atom. The van der Waals surface area contributed by atoms with Crippen LogP contribution in [0.2, 0.25) is 5.15 Å². The van der Waals surface area contributed by atoms with Gasteiger partial charge in [-0.25, -0.2) is 4.98 Å². The molecule has 5 heteroatoms. The number of aliphatic hydroxyl groups excluding tert-OH is 1. The average Bonchev–Trinajstić information content (AvgIpc) is 2.36. The molecule has 0 aliphatic carbocycles. The summed E-state index contributed by atoms with van der Waals surface area (Å²) in [5.41, 5.74) is 0.998. The van der Waals surface area contributed by atoms with Crippen molar-refractivity contribution in [1.82, 2.24) is 10.3 Å². The van der Waals surface area contributed by atoms with Gasteiger partial charge in [0.1, 0.15) is 5.15 Å². The third-order valence-electron chi connectivity index (χ3n) is 2.77. The van der Waals surface area contributed by atoms with E-state index in [2.05, 4.69) is 10.3 Å². The number of amides is 1. The summed E-state index contributed by atoms with van der Waals surface area (Å²) >= 11 is 5.92. The fraction of sp³-hybridized carbons (Fsp3) is 0.571. The Morgan fingerprint density at radius 2 is 2.16 bits per heavy atom. The second kappa shape index (κ2) is 6.87. The molecule has 0 aliphatic rings. The van der Waals surface area contributed by atoms with E-state index in [-0.39, 0.29) is 17.9 Å². The first kappa shape index (κ1) is 15.9. The molecule has 0 aliphatic heterocycles. The molecule has 0 radical (unpaired) electrons. The van der Waals surface area contributed by atoms with Crippen molar-refractivity contribution < 1.29 is 9.90 Å². The molecule has 0 saturated carbocycles. The second-order valence-electron chi connectivity index (χ2n) is 5.42. The zero-order valence-corrected chi connectivity index (χ0v) is 12.4. The molecule has 1 aromatic heterocycles. The van der Waals surface area contributed by atoms with Crippen molar-refractivity contribution in [2.24, 2.45) is 5.41 Å². The van der Waals surface area contributed by atoms with Gasteiger partial charge in [0.2, 0.25) is 0 Å². The molecule has 2 N–H and O–H groups in total. The SMILES string of the molecule is CCCc1cc(C(=O)NCC(C)(C)CO)cc(Cl)n1. The minimum Gasteiger partial charge on any atom is -0.396 e. The molecule has 19 heavy (non-hydrogen) atoms. The number of aryl methyl sites for hydroxylation is 1. The van der Waals surface area contributed by atoms with Crippen LogP contribution in [-0.2, 0) is 6.42 Å². The lowest BCUT2D eigenvalue weighted by molar-refractivity contribution is 0.0911. The summed E-state index contributed by atoms with van der Waals surface area (Å²) in [6, 6.07) is 3.32. The third kappa shape index (κ3) is 5.17. The van der Waals surface area contributed by atoms with Gasteiger partial charge >= 0.3 is 0 Å². The van der Waals surface area contributed by atoms with Crippen molar-refractivity contribution >= 4 is 17.5 Å². The van der Waals surface area contributed by atoms with Crippen molar-refractivity contribution in [3.8, 4) is 0 Å². The van der Waals surface area contributed by atoms with Crippen molar-refractivity contribution in [3.63, 3.8) is 0 Å². The minimum absolute atomic E-state index is 0.0193. The van der Waals surface area contributed by atoms with E-state index in [0.29, 0.717) is 17.3 Å². The van der Waals surface area contributed by atoms with Crippen LogP contribution in [0.25, 0.3) is 0 Å². The van der Waals surface area contributed by atoms with Gasteiger partial charge in [-0.05, 0) is 18.6 Å². The maximum absolute atomic E-state index is 12.0. The summed E-state index contributed by atoms with van der Waals surface area (Å²) in [6.07, 6.45) is 1.74. The Bertz CT molecular complexity index is 447. The Hall–Kier alpha value is -1.13. The summed E-state index contributed by atoms with van der Waals surface area (Å²) < 4.78 is 0. The van der Waals surface area contributed by atoms with Crippen LogP contribution in [-0.4, -0.2) is 29.1 Å². The van der Waals surface area contributed by atoms with Gasteiger partial charge in [0.15, 0.2) is 0 Å². The van der Waals surface area contributed by atoms with E-state index in [1.165, 1.54) is 0 Å². The summed E-state index contributed by atoms with van der Waals surface area (Å²) in [5, 5.41) is 12.3. The molecule has 0 aromatic carbocycles. The van der Waals surface area contributed by atoms with Crippen molar-refractivity contribution in [2.45, 2.75) is 33.6 Å². The lowest BCUT2D eigenvalue weighted by atomic mass is 9.95. The molecule has 0 spiro atoms. The van der Waals surface area contributed by atoms with Gasteiger partial charge in [-0.3, -0.25) is 4.79 Å². The molecule has 1 aromatic rings. The number of hydrogen-bond donors (Lipinski definition) is 2. The molecule has 106 valence electrons. The first-order valence-corrected chi connectivity index (χ1v) is 6.81. The highest BCUT2D eigenvalue weighted by atomic mass is 35.5. The van der Waals surface area contributed by atoms with Gasteiger partial charge < -0.3 is 10.4 Å². The van der Waals surface area contributed by atoms with Crippen LogP contribution < -0.4 is 5.32 Å². The summed E-state index contributed by atoms with van der Waals surface area (Å²) in [4.78, 5) is 16.2. The molecule has 0 atom stereocenters. The molecule has 0 fully saturated rings. The summed E-state index contributed by atoms with van der Waals surface area (Å²) in [5.74, 6) is -0.192. The van der Waals surface area contributed by atoms with Crippen molar-refractivity contribution in [1.29, 1.82) is 0 Å². The maximum Gasteiger partial charge on any atom is 0.251 e. The molecule has 4 nitrogen and oxygen atoms in total. The molecule has 0 bridgehead atoms. The highest BCUT2D eigenvalue weighted by molar-refractivity contribution is 6.29. The Labute approximate surface area is 119 Å². The Morgan fingerprint density at radius 3 is 2.74 bits per heavy atom. The number of pyridine rings is 1. The fourth-order valence-corrected chi connectivity index (χ4v) is 1.77. The van der Waals surface area contributed by atoms with Crippen LogP contribution in [0.1, 0.15) is 43.2 Å². The van der Waals surface area contributed by atoms with Crippen LogP contribution >= 0.6 is 11.6 Å². The first-order valence-electron chi connectivity index (χ1n) is 6.43. The smallest absolute Gasteiger partial charge is 0.251 e. The number of nitrogens with one attached hydrogen (secondary N) is 1. The molecule has 1 heterocycles. The molecular weight excluding hydrogens is 264 g/mol. The van der Waals surface area contributed by atoms with E-state index in [9.17, 15) is 4.79 Å². The number of carbonyl (C=O) groups excluding carboxylic acids is 1. The number of hydrogen-bond acceptors (Lipinski definition) is 3. The van der Waals surface area contributed by atoms with E-state index < -0.39 is 0 Å². The van der Waals surface area contributed by atoms with Gasteiger partial charge in [0, 0.05) is 29.8 Å². The molecule has 1 rings (SSSR count). The zero-order valence-electron chi connectivity index (χ0n) is 11.7. The second-order valence-corrected chi connectivity index (χ2v) is 5.81. The first-order chi connectivity index (χ1) is 8.88. The lowest BCUT2D eigenvalue weighted by Gasteiger charge is -2.21. The lowest BCUT2D eigenvalue weighted by Crippen LogP contribution is -2.36. The topological polar surface area (TPSA) is 62.2 Å². The third-order valence-corrected chi connectivity index (χ3v) is 2.96. The predicted octanol–water partition coefficient (Wildman–Crippen LogP) is 2.44. The van der Waals surface area contributed by atoms with E-state index in [4.69, 9.17) is 16.7 Å². The normalized spacial score (nSPS) is 11.4. The van der Waals surface area contributed by atoms with Gasteiger partial charge in [-0.15, -0.1) is 0 Å². The van der Waals surface area contributed by atoms with Gasteiger partial charge in [-0.1, -0.05) is 38.8 Å². The number of aromatic nitrogens is 1. The number of carbonyl (C=O) groups is 1. The van der Waals surface area contributed by atoms with Gasteiger partial charge in [-0.2, -0.15) is 0 Å². The van der Waals surface area contributed by atoms with E-state index in [1.54, 1.807) is 12.1 Å². The zero-order chi connectivity index (χ0) is 14.5. The quantitative estimate of drug-likeness (QED) is 0.789. The van der Waals surface area contributed by atoms with Gasteiger partial charge in [0.25, 0.3) is 5.91 Å². The molecular formula is C14H21ClN2O2. The Kier molecular flexibility index (Phi) is 5.76. The van der Waals surface area contributed by atoms with Crippen LogP contribution in [0.15, 0.2) is 12.1 Å². The van der Waals surface area contributed by atoms with Crippen LogP contribution in [0.5, 0.6) is 0 Å². The van der Waals surface area contributed by atoms with Crippen molar-refractivity contribution in [2.75, 3.05) is 13.2 Å². The van der Waals surface area contributed by atoms with Crippen LogP contribution in [0.4, 0.5) is 0 Å². The highest BCUT2D eigenvalue weighted by Gasteiger charge is 2.18. The Balaban J connectivity index is 2.76. The van der Waals surface area contributed by atoms with Crippen LogP contribution in [0, 0.1) is 5.41 Å². The van der Waals surface area contributed by atoms with Crippen LogP contribution in [0.3, 0.4) is 0 Å².